The van der Waals surface area contributed by atoms with Crippen LogP contribution in [0.4, 0.5) is 5.69 Å². The van der Waals surface area contributed by atoms with Crippen LogP contribution in [0.5, 0.6) is 0 Å². The Morgan fingerprint density at radius 2 is 1.93 bits per heavy atom. The van der Waals surface area contributed by atoms with Gasteiger partial charge in [-0.1, -0.05) is 30.3 Å². The standard InChI is InChI=1S/C20H25N7/c21-16-27(20(22)25-15-17-4-2-1-3-5-17)26-12-8-18(9-13-26)14-24-19-6-10-23-11-7-19/h1-7,10-11,18H,8-9,12-15H2,(H2,22,25)(H,23,24). The molecule has 3 rings (SSSR count). The third kappa shape index (κ3) is 5.43. The number of nitriles is 1. The largest absolute Gasteiger partial charge is 0.385 e. The van der Waals surface area contributed by atoms with Crippen LogP contribution in [0.2, 0.25) is 0 Å². The average Bonchev–Trinajstić information content (AvgIpc) is 2.74. The normalized spacial score (nSPS) is 15.9. The molecule has 2 heterocycles. The Hall–Kier alpha value is -3.11. The fraction of sp³-hybridized carbons (Fsp3) is 0.350. The second kappa shape index (κ2) is 9.55. The van der Waals surface area contributed by atoms with Crippen LogP contribution in [0, 0.1) is 17.4 Å². The minimum atomic E-state index is 0.245. The van der Waals surface area contributed by atoms with Crippen molar-refractivity contribution in [3.8, 4) is 6.19 Å². The van der Waals surface area contributed by atoms with Crippen LogP contribution < -0.4 is 11.1 Å². The average molecular weight is 363 g/mol. The quantitative estimate of drug-likeness (QED) is 0.354. The summed E-state index contributed by atoms with van der Waals surface area (Å²) in [4.78, 5) is 8.40. The number of rotatable bonds is 6. The smallest absolute Gasteiger partial charge is 0.220 e. The summed E-state index contributed by atoms with van der Waals surface area (Å²) in [6, 6.07) is 13.8. The van der Waals surface area contributed by atoms with Crippen LogP contribution in [0.25, 0.3) is 0 Å². The van der Waals surface area contributed by atoms with E-state index in [0.29, 0.717) is 12.5 Å². The maximum absolute atomic E-state index is 9.52. The zero-order valence-electron chi connectivity index (χ0n) is 15.3. The molecule has 140 valence electrons. The molecule has 0 atom stereocenters. The van der Waals surface area contributed by atoms with E-state index in [0.717, 1.165) is 43.7 Å². The number of nitrogens with two attached hydrogens (primary N) is 1. The summed E-state index contributed by atoms with van der Waals surface area (Å²) >= 11 is 0. The minimum Gasteiger partial charge on any atom is -0.385 e. The third-order valence-corrected chi connectivity index (χ3v) is 4.73. The molecule has 1 fully saturated rings. The fourth-order valence-electron chi connectivity index (χ4n) is 3.14. The zero-order chi connectivity index (χ0) is 18.9. The zero-order valence-corrected chi connectivity index (χ0v) is 15.3. The number of hydrogen-bond donors (Lipinski definition) is 2. The van der Waals surface area contributed by atoms with Crippen LogP contribution in [0.3, 0.4) is 0 Å². The van der Waals surface area contributed by atoms with E-state index in [2.05, 4.69) is 21.5 Å². The van der Waals surface area contributed by atoms with Crippen molar-refractivity contribution in [3.63, 3.8) is 0 Å². The van der Waals surface area contributed by atoms with Gasteiger partial charge in [-0.3, -0.25) is 4.98 Å². The van der Waals surface area contributed by atoms with Gasteiger partial charge in [-0.05, 0) is 36.5 Å². The molecular formula is C20H25N7. The number of aromatic nitrogens is 1. The third-order valence-electron chi connectivity index (χ3n) is 4.73. The number of hydrogen-bond acceptors (Lipinski definition) is 5. The van der Waals surface area contributed by atoms with Gasteiger partial charge in [-0.15, -0.1) is 0 Å². The van der Waals surface area contributed by atoms with Crippen molar-refractivity contribution in [1.29, 1.82) is 5.26 Å². The molecule has 0 saturated carbocycles. The van der Waals surface area contributed by atoms with Gasteiger partial charge in [0.05, 0.1) is 6.54 Å². The second-order valence-corrected chi connectivity index (χ2v) is 6.59. The highest BCUT2D eigenvalue weighted by atomic mass is 15.6. The summed E-state index contributed by atoms with van der Waals surface area (Å²) in [6.07, 6.45) is 7.74. The molecule has 7 nitrogen and oxygen atoms in total. The number of nitrogens with zero attached hydrogens (tertiary/aromatic N) is 5. The predicted octanol–water partition coefficient (Wildman–Crippen LogP) is 2.42. The Bertz CT molecular complexity index is 762. The Labute approximate surface area is 160 Å². The Morgan fingerprint density at radius 1 is 1.22 bits per heavy atom. The summed E-state index contributed by atoms with van der Waals surface area (Å²) in [5.41, 5.74) is 8.23. The molecule has 27 heavy (non-hydrogen) atoms. The summed E-state index contributed by atoms with van der Waals surface area (Å²) in [5, 5.41) is 16.4. The molecule has 0 aliphatic carbocycles. The number of pyridine rings is 1. The molecule has 1 aromatic heterocycles. The molecule has 3 N–H and O–H groups in total. The molecule has 1 aromatic carbocycles. The Kier molecular flexibility index (Phi) is 6.61. The molecule has 1 aliphatic heterocycles. The lowest BCUT2D eigenvalue weighted by molar-refractivity contribution is 0.0544. The van der Waals surface area contributed by atoms with Crippen molar-refractivity contribution in [3.05, 3.63) is 60.4 Å². The molecule has 0 amide bonds. The van der Waals surface area contributed by atoms with Gasteiger partial charge in [0.15, 0.2) is 0 Å². The van der Waals surface area contributed by atoms with Crippen molar-refractivity contribution in [2.24, 2.45) is 16.6 Å². The highest BCUT2D eigenvalue weighted by molar-refractivity contribution is 5.79. The molecule has 0 unspecified atom stereocenters. The molecular weight excluding hydrogens is 338 g/mol. The van der Waals surface area contributed by atoms with E-state index in [-0.39, 0.29) is 5.96 Å². The first-order chi connectivity index (χ1) is 13.3. The van der Waals surface area contributed by atoms with E-state index in [4.69, 9.17) is 5.73 Å². The van der Waals surface area contributed by atoms with Gasteiger partial charge in [0, 0.05) is 37.7 Å². The first kappa shape index (κ1) is 18.7. The van der Waals surface area contributed by atoms with Crippen LogP contribution in [-0.2, 0) is 6.54 Å². The highest BCUT2D eigenvalue weighted by Crippen LogP contribution is 2.19. The molecule has 7 heteroatoms. The van der Waals surface area contributed by atoms with Gasteiger partial charge in [-0.25, -0.2) is 10.0 Å². The number of hydrazine groups is 1. The SMILES string of the molecule is N#CN(C(N)=NCc1ccccc1)N1CCC(CNc2ccncc2)CC1. The lowest BCUT2D eigenvalue weighted by Crippen LogP contribution is -2.50. The number of anilines is 1. The van der Waals surface area contributed by atoms with Crippen molar-refractivity contribution in [2.45, 2.75) is 19.4 Å². The maximum Gasteiger partial charge on any atom is 0.220 e. The van der Waals surface area contributed by atoms with Gasteiger partial charge in [0.2, 0.25) is 12.2 Å². The van der Waals surface area contributed by atoms with Gasteiger partial charge >= 0.3 is 0 Å². The first-order valence-corrected chi connectivity index (χ1v) is 9.18. The number of nitrogens with one attached hydrogen (secondary N) is 1. The summed E-state index contributed by atoms with van der Waals surface area (Å²) < 4.78 is 0. The van der Waals surface area contributed by atoms with E-state index < -0.39 is 0 Å². The molecule has 0 bridgehead atoms. The van der Waals surface area contributed by atoms with Crippen LogP contribution in [0.15, 0.2) is 59.9 Å². The fourth-order valence-corrected chi connectivity index (χ4v) is 3.14. The number of benzene rings is 1. The summed E-state index contributed by atoms with van der Waals surface area (Å²) in [6.45, 7) is 2.97. The van der Waals surface area contributed by atoms with Gasteiger partial charge in [0.25, 0.3) is 0 Å². The van der Waals surface area contributed by atoms with Crippen LogP contribution in [-0.4, -0.2) is 40.6 Å². The van der Waals surface area contributed by atoms with E-state index in [1.165, 1.54) is 5.01 Å². The lowest BCUT2D eigenvalue weighted by Gasteiger charge is -2.36. The predicted molar refractivity (Wildman–Crippen MR) is 106 cm³/mol. The monoisotopic (exact) mass is 363 g/mol. The van der Waals surface area contributed by atoms with Gasteiger partial charge in [0.1, 0.15) is 0 Å². The number of aliphatic imine (C=N–C) groups is 1. The van der Waals surface area contributed by atoms with Gasteiger partial charge in [-0.2, -0.15) is 10.3 Å². The Morgan fingerprint density at radius 3 is 2.59 bits per heavy atom. The summed E-state index contributed by atoms with van der Waals surface area (Å²) in [5.74, 6) is 0.812. The topological polar surface area (TPSA) is 93.6 Å². The Balaban J connectivity index is 1.48. The maximum atomic E-state index is 9.52. The van der Waals surface area contributed by atoms with Crippen molar-refractivity contribution < 1.29 is 0 Å². The van der Waals surface area contributed by atoms with Crippen molar-refractivity contribution >= 4 is 11.6 Å². The van der Waals surface area contributed by atoms with Crippen molar-refractivity contribution in [2.75, 3.05) is 25.0 Å². The first-order valence-electron chi connectivity index (χ1n) is 9.18. The molecule has 0 radical (unpaired) electrons. The van der Waals surface area contributed by atoms with Gasteiger partial charge < -0.3 is 11.1 Å². The second-order valence-electron chi connectivity index (χ2n) is 6.59. The number of piperidine rings is 1. The lowest BCUT2D eigenvalue weighted by atomic mass is 9.97. The van der Waals surface area contributed by atoms with E-state index in [9.17, 15) is 5.26 Å². The molecule has 0 spiro atoms. The van der Waals surface area contributed by atoms with E-state index >= 15 is 0 Å². The van der Waals surface area contributed by atoms with E-state index in [1.807, 2.05) is 47.5 Å². The minimum absolute atomic E-state index is 0.245. The molecule has 1 aliphatic rings. The number of guanidine groups is 1. The van der Waals surface area contributed by atoms with Crippen LogP contribution >= 0.6 is 0 Å². The van der Waals surface area contributed by atoms with Crippen molar-refractivity contribution in [1.82, 2.24) is 15.0 Å². The van der Waals surface area contributed by atoms with E-state index in [1.54, 1.807) is 12.4 Å². The molecule has 1 saturated heterocycles. The highest BCUT2D eigenvalue weighted by Gasteiger charge is 2.24. The van der Waals surface area contributed by atoms with Crippen LogP contribution in [0.1, 0.15) is 18.4 Å². The molecule has 2 aromatic rings. The summed E-state index contributed by atoms with van der Waals surface area (Å²) in [7, 11) is 0.